The Hall–Kier alpha value is -1.52. The Bertz CT molecular complexity index is 692. The van der Waals surface area contributed by atoms with Crippen LogP contribution in [0.5, 0.6) is 0 Å². The molecule has 2 aliphatic rings. The van der Waals surface area contributed by atoms with Gasteiger partial charge in [0.25, 0.3) is 0 Å². The lowest BCUT2D eigenvalue weighted by Gasteiger charge is -2.24. The summed E-state index contributed by atoms with van der Waals surface area (Å²) in [6.45, 7) is 0. The molecule has 4 heterocycles. The normalized spacial score (nSPS) is 23.7. The molecule has 0 N–H and O–H groups in total. The number of rotatable bonds is 1. The van der Waals surface area contributed by atoms with Crippen LogP contribution >= 0.6 is 11.6 Å². The lowest BCUT2D eigenvalue weighted by Crippen LogP contribution is -2.20. The zero-order valence-corrected chi connectivity index (χ0v) is 11.4. The summed E-state index contributed by atoms with van der Waals surface area (Å²) in [7, 11) is 0. The minimum atomic E-state index is -0.398. The highest BCUT2D eigenvalue weighted by Gasteiger charge is 2.36. The van der Waals surface area contributed by atoms with Crippen LogP contribution in [0.3, 0.4) is 0 Å². The van der Waals surface area contributed by atoms with Gasteiger partial charge >= 0.3 is 0 Å². The Kier molecular flexibility index (Phi) is 2.75. The fourth-order valence-electron chi connectivity index (χ4n) is 3.12. The van der Waals surface area contributed by atoms with Crippen molar-refractivity contribution in [2.24, 2.45) is 0 Å². The van der Waals surface area contributed by atoms with Crippen molar-refractivity contribution in [1.29, 1.82) is 0 Å². The summed E-state index contributed by atoms with van der Waals surface area (Å²) in [4.78, 5) is 8.58. The molecule has 3 nitrogen and oxygen atoms in total. The lowest BCUT2D eigenvalue weighted by molar-refractivity contribution is 0.0296. The predicted octanol–water partition coefficient (Wildman–Crippen LogP) is 3.71. The zero-order valence-electron chi connectivity index (χ0n) is 10.6. The molecule has 0 saturated carbocycles. The molecule has 20 heavy (non-hydrogen) atoms. The van der Waals surface area contributed by atoms with E-state index in [9.17, 15) is 4.39 Å². The van der Waals surface area contributed by atoms with E-state index in [1.807, 2.05) is 6.07 Å². The summed E-state index contributed by atoms with van der Waals surface area (Å²) in [6, 6.07) is 3.12. The van der Waals surface area contributed by atoms with Crippen molar-refractivity contribution in [3.8, 4) is 11.3 Å². The first-order chi connectivity index (χ1) is 9.72. The van der Waals surface area contributed by atoms with E-state index in [2.05, 4.69) is 9.97 Å². The highest BCUT2D eigenvalue weighted by molar-refractivity contribution is 6.30. The summed E-state index contributed by atoms with van der Waals surface area (Å²) in [5, 5.41) is 0.303. The van der Waals surface area contributed by atoms with Gasteiger partial charge in [-0.1, -0.05) is 11.6 Å². The second-order valence-electron chi connectivity index (χ2n) is 5.23. The van der Waals surface area contributed by atoms with E-state index in [1.165, 1.54) is 12.3 Å². The van der Waals surface area contributed by atoms with Crippen LogP contribution in [-0.2, 0) is 11.2 Å². The SMILES string of the molecule is Fc1cc(Cl)cnc1-c1ccnc2c1C[C@@H]1CC[C@H]2O1. The third-order valence-corrected chi connectivity index (χ3v) is 4.20. The largest absolute Gasteiger partial charge is 0.368 e. The van der Waals surface area contributed by atoms with Gasteiger partial charge in [-0.2, -0.15) is 0 Å². The molecular formula is C15H12ClFN2O. The molecule has 0 aromatic carbocycles. The summed E-state index contributed by atoms with van der Waals surface area (Å²) in [5.41, 5.74) is 3.16. The van der Waals surface area contributed by atoms with Gasteiger partial charge in [-0.3, -0.25) is 9.97 Å². The van der Waals surface area contributed by atoms with E-state index in [-0.39, 0.29) is 12.2 Å². The monoisotopic (exact) mass is 290 g/mol. The van der Waals surface area contributed by atoms with Crippen molar-refractivity contribution < 1.29 is 9.13 Å². The predicted molar refractivity (Wildman–Crippen MR) is 73.0 cm³/mol. The van der Waals surface area contributed by atoms with Gasteiger partial charge in [-0.15, -0.1) is 0 Å². The Morgan fingerprint density at radius 3 is 3.05 bits per heavy atom. The van der Waals surface area contributed by atoms with Gasteiger partial charge in [0, 0.05) is 24.4 Å². The second kappa shape index (κ2) is 4.50. The fourth-order valence-corrected chi connectivity index (χ4v) is 3.26. The standard InChI is InChI=1S/C15H12ClFN2O/c16-8-5-12(17)14(19-7-8)10-3-4-18-15-11(10)6-9-1-2-13(15)20-9/h3-5,7,9,13H,1-2,6H2/t9-,13+/m0/s1. The van der Waals surface area contributed by atoms with Crippen LogP contribution in [0.2, 0.25) is 5.02 Å². The molecule has 1 saturated heterocycles. The number of pyridine rings is 2. The van der Waals surface area contributed by atoms with Crippen molar-refractivity contribution >= 4 is 11.6 Å². The van der Waals surface area contributed by atoms with Crippen LogP contribution in [0.15, 0.2) is 24.5 Å². The van der Waals surface area contributed by atoms with Gasteiger partial charge in [0.2, 0.25) is 0 Å². The maximum atomic E-state index is 14.1. The van der Waals surface area contributed by atoms with E-state index in [4.69, 9.17) is 16.3 Å². The molecule has 2 atom stereocenters. The molecule has 102 valence electrons. The van der Waals surface area contributed by atoms with Gasteiger partial charge < -0.3 is 4.74 Å². The molecule has 0 aliphatic carbocycles. The van der Waals surface area contributed by atoms with Crippen LogP contribution < -0.4 is 0 Å². The maximum Gasteiger partial charge on any atom is 0.150 e. The third kappa shape index (κ3) is 1.83. The molecule has 0 amide bonds. The summed E-state index contributed by atoms with van der Waals surface area (Å²) in [6.07, 6.45) is 6.26. The number of aromatic nitrogens is 2. The first-order valence-electron chi connectivity index (χ1n) is 6.67. The molecule has 2 aromatic heterocycles. The molecule has 0 radical (unpaired) electrons. The number of hydrogen-bond donors (Lipinski definition) is 0. The average Bonchev–Trinajstić information content (AvgIpc) is 2.82. The molecule has 2 aromatic rings. The van der Waals surface area contributed by atoms with Crippen molar-refractivity contribution in [2.45, 2.75) is 31.5 Å². The zero-order chi connectivity index (χ0) is 13.7. The smallest absolute Gasteiger partial charge is 0.150 e. The van der Waals surface area contributed by atoms with Crippen LogP contribution in [0, 0.1) is 5.82 Å². The average molecular weight is 291 g/mol. The van der Waals surface area contributed by atoms with E-state index in [1.54, 1.807) is 6.20 Å². The molecule has 1 fully saturated rings. The van der Waals surface area contributed by atoms with E-state index < -0.39 is 5.82 Å². The van der Waals surface area contributed by atoms with Crippen molar-refractivity contribution in [3.05, 3.63) is 46.6 Å². The fraction of sp³-hybridized carbons (Fsp3) is 0.333. The molecule has 0 spiro atoms. The van der Waals surface area contributed by atoms with Gasteiger partial charge in [-0.05, 0) is 30.5 Å². The molecule has 2 bridgehead atoms. The van der Waals surface area contributed by atoms with Crippen LogP contribution in [0.1, 0.15) is 30.2 Å². The minimum Gasteiger partial charge on any atom is -0.368 e. The third-order valence-electron chi connectivity index (χ3n) is 4.00. The number of halogens is 2. The minimum absolute atomic E-state index is 0.0547. The Morgan fingerprint density at radius 2 is 2.20 bits per heavy atom. The van der Waals surface area contributed by atoms with Gasteiger partial charge in [0.05, 0.1) is 16.8 Å². The van der Waals surface area contributed by atoms with Crippen LogP contribution in [0.4, 0.5) is 4.39 Å². The number of hydrogen-bond acceptors (Lipinski definition) is 3. The highest BCUT2D eigenvalue weighted by Crippen LogP contribution is 2.43. The highest BCUT2D eigenvalue weighted by atomic mass is 35.5. The molecular weight excluding hydrogens is 279 g/mol. The summed E-state index contributed by atoms with van der Waals surface area (Å²) >= 11 is 5.77. The molecule has 5 heteroatoms. The first kappa shape index (κ1) is 12.2. The van der Waals surface area contributed by atoms with Gasteiger partial charge in [0.1, 0.15) is 11.8 Å². The summed E-state index contributed by atoms with van der Waals surface area (Å²) in [5.74, 6) is -0.398. The van der Waals surface area contributed by atoms with Crippen molar-refractivity contribution in [1.82, 2.24) is 9.97 Å². The van der Waals surface area contributed by atoms with Crippen molar-refractivity contribution in [2.75, 3.05) is 0 Å². The molecule has 2 aliphatic heterocycles. The topological polar surface area (TPSA) is 35.0 Å². The van der Waals surface area contributed by atoms with E-state index in [0.29, 0.717) is 10.7 Å². The van der Waals surface area contributed by atoms with Crippen LogP contribution in [0.25, 0.3) is 11.3 Å². The Morgan fingerprint density at radius 1 is 1.30 bits per heavy atom. The number of nitrogens with zero attached hydrogens (tertiary/aromatic N) is 2. The molecule has 4 rings (SSSR count). The molecule has 0 unspecified atom stereocenters. The Balaban J connectivity index is 1.89. The lowest BCUT2D eigenvalue weighted by atomic mass is 9.96. The quantitative estimate of drug-likeness (QED) is 0.803. The van der Waals surface area contributed by atoms with E-state index >= 15 is 0 Å². The summed E-state index contributed by atoms with van der Waals surface area (Å²) < 4.78 is 20.0. The van der Waals surface area contributed by atoms with Gasteiger partial charge in [0.15, 0.2) is 5.82 Å². The Labute approximate surface area is 120 Å². The maximum absolute atomic E-state index is 14.1. The van der Waals surface area contributed by atoms with Gasteiger partial charge in [-0.25, -0.2) is 4.39 Å². The first-order valence-corrected chi connectivity index (χ1v) is 7.05. The van der Waals surface area contributed by atoms with Crippen LogP contribution in [-0.4, -0.2) is 16.1 Å². The second-order valence-corrected chi connectivity index (χ2v) is 5.67. The van der Waals surface area contributed by atoms with E-state index in [0.717, 1.165) is 36.1 Å². The van der Waals surface area contributed by atoms with Crippen molar-refractivity contribution in [3.63, 3.8) is 0 Å². The number of ether oxygens (including phenoxy) is 1. The number of fused-ring (bicyclic) bond motifs is 4.